The summed E-state index contributed by atoms with van der Waals surface area (Å²) in [6.45, 7) is 3.59. The number of nitrogens with zero attached hydrogens (tertiary/aromatic N) is 1. The van der Waals surface area contributed by atoms with Crippen LogP contribution in [0.15, 0.2) is 24.3 Å². The van der Waals surface area contributed by atoms with E-state index in [1.807, 2.05) is 31.2 Å². The van der Waals surface area contributed by atoms with Crippen LogP contribution in [0.3, 0.4) is 0 Å². The Morgan fingerprint density at radius 2 is 2.19 bits per heavy atom. The summed E-state index contributed by atoms with van der Waals surface area (Å²) >= 11 is 0. The predicted molar refractivity (Wildman–Crippen MR) is 60.6 cm³/mol. The van der Waals surface area contributed by atoms with Crippen molar-refractivity contribution < 1.29 is 9.53 Å². The standard InChI is InChI=1S/C12H14N2O2/c1-8-4-2-3-5-9(8)14-10-6-13-7-11(10)16-12(14)15/h2-5,10-11,13H,6-7H2,1H3. The molecule has 0 aromatic heterocycles. The molecule has 0 radical (unpaired) electrons. The lowest BCUT2D eigenvalue weighted by atomic mass is 10.1. The zero-order chi connectivity index (χ0) is 11.1. The number of carbonyl (C=O) groups excluding carboxylic acids is 1. The van der Waals surface area contributed by atoms with E-state index in [0.29, 0.717) is 0 Å². The van der Waals surface area contributed by atoms with Gasteiger partial charge in [0.25, 0.3) is 0 Å². The summed E-state index contributed by atoms with van der Waals surface area (Å²) in [5, 5.41) is 3.25. The van der Waals surface area contributed by atoms with Crippen molar-refractivity contribution in [2.45, 2.75) is 19.1 Å². The lowest BCUT2D eigenvalue weighted by Crippen LogP contribution is -2.37. The van der Waals surface area contributed by atoms with Crippen molar-refractivity contribution in [1.82, 2.24) is 5.32 Å². The van der Waals surface area contributed by atoms with Gasteiger partial charge in [-0.25, -0.2) is 4.79 Å². The molecule has 84 valence electrons. The summed E-state index contributed by atoms with van der Waals surface area (Å²) in [6, 6.07) is 8.06. The highest BCUT2D eigenvalue weighted by molar-refractivity contribution is 5.91. The third-order valence-corrected chi connectivity index (χ3v) is 3.28. The van der Waals surface area contributed by atoms with Crippen LogP contribution < -0.4 is 10.2 Å². The van der Waals surface area contributed by atoms with E-state index in [2.05, 4.69) is 5.32 Å². The fourth-order valence-corrected chi connectivity index (χ4v) is 2.45. The summed E-state index contributed by atoms with van der Waals surface area (Å²) in [6.07, 6.45) is -0.210. The third kappa shape index (κ3) is 1.30. The molecular weight excluding hydrogens is 204 g/mol. The average molecular weight is 218 g/mol. The maximum absolute atomic E-state index is 11.8. The Balaban J connectivity index is 2.00. The van der Waals surface area contributed by atoms with Gasteiger partial charge in [-0.15, -0.1) is 0 Å². The molecule has 16 heavy (non-hydrogen) atoms. The number of ether oxygens (including phenoxy) is 1. The van der Waals surface area contributed by atoms with Crippen molar-refractivity contribution in [2.24, 2.45) is 0 Å². The van der Waals surface area contributed by atoms with Crippen LogP contribution in [0.25, 0.3) is 0 Å². The summed E-state index contributed by atoms with van der Waals surface area (Å²) < 4.78 is 5.33. The Kier molecular flexibility index (Phi) is 2.11. The van der Waals surface area contributed by atoms with Gasteiger partial charge >= 0.3 is 6.09 Å². The molecule has 1 aromatic rings. The van der Waals surface area contributed by atoms with Crippen LogP contribution in [0.4, 0.5) is 10.5 Å². The molecule has 0 bridgehead atoms. The quantitative estimate of drug-likeness (QED) is 0.772. The smallest absolute Gasteiger partial charge is 0.415 e. The summed E-state index contributed by atoms with van der Waals surface area (Å²) in [5.74, 6) is 0. The number of nitrogens with one attached hydrogen (secondary N) is 1. The molecule has 1 amide bonds. The van der Waals surface area contributed by atoms with Crippen LogP contribution in [0, 0.1) is 6.92 Å². The van der Waals surface area contributed by atoms with Gasteiger partial charge in [0.2, 0.25) is 0 Å². The average Bonchev–Trinajstić information content (AvgIpc) is 2.79. The maximum Gasteiger partial charge on any atom is 0.415 e. The molecule has 4 nitrogen and oxygen atoms in total. The van der Waals surface area contributed by atoms with E-state index in [-0.39, 0.29) is 18.2 Å². The molecule has 2 aliphatic rings. The summed E-state index contributed by atoms with van der Waals surface area (Å²) in [4.78, 5) is 13.6. The number of hydrogen-bond donors (Lipinski definition) is 1. The Hall–Kier alpha value is -1.55. The normalized spacial score (nSPS) is 28.1. The number of anilines is 1. The van der Waals surface area contributed by atoms with Crippen molar-refractivity contribution in [1.29, 1.82) is 0 Å². The number of benzene rings is 1. The molecular formula is C12H14N2O2. The molecule has 1 aromatic carbocycles. The minimum atomic E-state index is -0.217. The van der Waals surface area contributed by atoms with Crippen molar-refractivity contribution in [3.63, 3.8) is 0 Å². The fourth-order valence-electron chi connectivity index (χ4n) is 2.45. The zero-order valence-electron chi connectivity index (χ0n) is 9.14. The molecule has 2 fully saturated rings. The number of hydrogen-bond acceptors (Lipinski definition) is 3. The first-order valence-electron chi connectivity index (χ1n) is 5.53. The maximum atomic E-state index is 11.8. The van der Waals surface area contributed by atoms with Crippen LogP contribution in [0.5, 0.6) is 0 Å². The van der Waals surface area contributed by atoms with Crippen molar-refractivity contribution >= 4 is 11.8 Å². The Bertz CT molecular complexity index is 433. The van der Waals surface area contributed by atoms with Crippen molar-refractivity contribution in [3.05, 3.63) is 29.8 Å². The second-order valence-corrected chi connectivity index (χ2v) is 4.30. The van der Waals surface area contributed by atoms with Gasteiger partial charge in [0.15, 0.2) is 0 Å². The fraction of sp³-hybridized carbons (Fsp3) is 0.417. The number of amides is 1. The molecule has 0 spiro atoms. The highest BCUT2D eigenvalue weighted by atomic mass is 16.6. The first-order valence-corrected chi connectivity index (χ1v) is 5.53. The molecule has 0 aliphatic carbocycles. The second-order valence-electron chi connectivity index (χ2n) is 4.30. The second kappa shape index (κ2) is 3.49. The van der Waals surface area contributed by atoms with Crippen LogP contribution in [0.1, 0.15) is 5.56 Å². The van der Waals surface area contributed by atoms with Gasteiger partial charge in [-0.2, -0.15) is 0 Å². The third-order valence-electron chi connectivity index (χ3n) is 3.28. The van der Waals surface area contributed by atoms with E-state index in [9.17, 15) is 4.79 Å². The van der Waals surface area contributed by atoms with E-state index in [0.717, 1.165) is 24.3 Å². The van der Waals surface area contributed by atoms with E-state index in [1.165, 1.54) is 0 Å². The highest BCUT2D eigenvalue weighted by Crippen LogP contribution is 2.30. The Morgan fingerprint density at radius 1 is 1.38 bits per heavy atom. The van der Waals surface area contributed by atoms with Gasteiger partial charge in [0, 0.05) is 13.1 Å². The molecule has 1 N–H and O–H groups in total. The molecule has 2 heterocycles. The monoisotopic (exact) mass is 218 g/mol. The number of carbonyl (C=O) groups is 1. The van der Waals surface area contributed by atoms with Gasteiger partial charge < -0.3 is 10.1 Å². The van der Waals surface area contributed by atoms with E-state index >= 15 is 0 Å². The van der Waals surface area contributed by atoms with Gasteiger partial charge in [0.05, 0.1) is 11.7 Å². The first-order chi connectivity index (χ1) is 7.77. The van der Waals surface area contributed by atoms with Gasteiger partial charge in [-0.3, -0.25) is 4.90 Å². The van der Waals surface area contributed by atoms with E-state index in [1.54, 1.807) is 4.90 Å². The molecule has 2 atom stereocenters. The first kappa shape index (κ1) is 9.66. The summed E-state index contributed by atoms with van der Waals surface area (Å²) in [7, 11) is 0. The van der Waals surface area contributed by atoms with Crippen LogP contribution >= 0.6 is 0 Å². The van der Waals surface area contributed by atoms with Gasteiger partial charge in [0.1, 0.15) is 6.10 Å². The molecule has 0 saturated carbocycles. The molecule has 2 aliphatic heterocycles. The number of para-hydroxylation sites is 1. The molecule has 2 unspecified atom stereocenters. The minimum Gasteiger partial charge on any atom is -0.442 e. The molecule has 3 rings (SSSR count). The lowest BCUT2D eigenvalue weighted by molar-refractivity contribution is 0.143. The molecule has 4 heteroatoms. The Labute approximate surface area is 94.2 Å². The number of rotatable bonds is 1. The zero-order valence-corrected chi connectivity index (χ0v) is 9.14. The molecule has 2 saturated heterocycles. The Morgan fingerprint density at radius 3 is 3.00 bits per heavy atom. The van der Waals surface area contributed by atoms with Crippen LogP contribution in [-0.2, 0) is 4.74 Å². The van der Waals surface area contributed by atoms with Gasteiger partial charge in [-0.1, -0.05) is 18.2 Å². The van der Waals surface area contributed by atoms with E-state index < -0.39 is 0 Å². The largest absolute Gasteiger partial charge is 0.442 e. The number of fused-ring (bicyclic) bond motifs is 1. The van der Waals surface area contributed by atoms with Crippen LogP contribution in [-0.4, -0.2) is 31.3 Å². The summed E-state index contributed by atoms with van der Waals surface area (Å²) in [5.41, 5.74) is 2.07. The minimum absolute atomic E-state index is 0.00658. The highest BCUT2D eigenvalue weighted by Gasteiger charge is 2.45. The van der Waals surface area contributed by atoms with Gasteiger partial charge in [-0.05, 0) is 18.6 Å². The van der Waals surface area contributed by atoms with E-state index in [4.69, 9.17) is 4.74 Å². The van der Waals surface area contributed by atoms with Crippen molar-refractivity contribution in [3.8, 4) is 0 Å². The lowest BCUT2D eigenvalue weighted by Gasteiger charge is -2.21. The van der Waals surface area contributed by atoms with Crippen molar-refractivity contribution in [2.75, 3.05) is 18.0 Å². The predicted octanol–water partition coefficient (Wildman–Crippen LogP) is 1.29. The van der Waals surface area contributed by atoms with Crippen LogP contribution in [0.2, 0.25) is 0 Å². The SMILES string of the molecule is Cc1ccccc1N1C(=O)OC2CNCC21. The topological polar surface area (TPSA) is 41.6 Å². The number of aryl methyl sites for hydroxylation is 1.